The highest BCUT2D eigenvalue weighted by Gasteiger charge is 2.43. The molecule has 0 spiro atoms. The molecule has 1 saturated heterocycles. The fourth-order valence-corrected chi connectivity index (χ4v) is 5.68. The van der Waals surface area contributed by atoms with Crippen LogP contribution in [0.1, 0.15) is 51.4 Å². The third-order valence-electron chi connectivity index (χ3n) is 5.71. The first-order valence-corrected chi connectivity index (χ1v) is 10.4. The van der Waals surface area contributed by atoms with E-state index in [0.717, 1.165) is 25.7 Å². The third-order valence-corrected chi connectivity index (χ3v) is 7.55. The summed E-state index contributed by atoms with van der Waals surface area (Å²) in [6.07, 6.45) is 6.19. The molecule has 0 aromatic heterocycles. The van der Waals surface area contributed by atoms with Crippen LogP contribution in [0, 0.1) is 11.8 Å². The first-order chi connectivity index (χ1) is 11.4. The summed E-state index contributed by atoms with van der Waals surface area (Å²) >= 11 is 0. The first kappa shape index (κ1) is 17.7. The maximum Gasteiger partial charge on any atom is 0.306 e. The second kappa shape index (κ2) is 7.00. The fraction of sp³-hybridized carbons (Fsp3) is 0.875. The molecule has 2 N–H and O–H groups in total. The van der Waals surface area contributed by atoms with E-state index in [0.29, 0.717) is 25.7 Å². The van der Waals surface area contributed by atoms with Crippen LogP contribution in [-0.2, 0) is 19.6 Å². The van der Waals surface area contributed by atoms with Crippen LogP contribution < -0.4 is 4.72 Å². The number of carboxylic acids is 1. The molecule has 1 heterocycles. The Kier molecular flexibility index (Phi) is 5.15. The highest BCUT2D eigenvalue weighted by Crippen LogP contribution is 2.30. The van der Waals surface area contributed by atoms with Gasteiger partial charge in [0.1, 0.15) is 5.25 Å². The molecule has 1 amide bonds. The average Bonchev–Trinajstić information content (AvgIpc) is 2.99. The Morgan fingerprint density at radius 1 is 0.917 bits per heavy atom. The van der Waals surface area contributed by atoms with Gasteiger partial charge in [-0.3, -0.25) is 9.59 Å². The van der Waals surface area contributed by atoms with Crippen LogP contribution in [0.25, 0.3) is 0 Å². The van der Waals surface area contributed by atoms with Crippen molar-refractivity contribution in [1.82, 2.24) is 9.62 Å². The zero-order chi connectivity index (χ0) is 17.3. The lowest BCUT2D eigenvalue weighted by Crippen LogP contribution is -2.61. The minimum atomic E-state index is -3.44. The number of hydrogen-bond donors (Lipinski definition) is 2. The molecule has 2 aliphatic carbocycles. The molecule has 1 aliphatic heterocycles. The first-order valence-electron chi connectivity index (χ1n) is 8.89. The number of carbonyl (C=O) groups excluding carboxylic acids is 1. The van der Waals surface area contributed by atoms with Crippen LogP contribution >= 0.6 is 0 Å². The normalized spacial score (nSPS) is 29.4. The molecule has 0 aromatic rings. The summed E-state index contributed by atoms with van der Waals surface area (Å²) in [5.41, 5.74) is 0. The minimum Gasteiger partial charge on any atom is -0.481 e. The van der Waals surface area contributed by atoms with Gasteiger partial charge in [-0.05, 0) is 38.5 Å². The maximum atomic E-state index is 12.4. The van der Waals surface area contributed by atoms with Crippen molar-refractivity contribution in [2.45, 2.75) is 62.7 Å². The number of sulfonamides is 1. The molecular formula is C16H26N2O5S. The van der Waals surface area contributed by atoms with Crippen LogP contribution in [0.2, 0.25) is 0 Å². The molecule has 2 saturated carbocycles. The Hall–Kier alpha value is -1.15. The van der Waals surface area contributed by atoms with Gasteiger partial charge in [-0.15, -0.1) is 0 Å². The molecule has 0 unspecified atom stereocenters. The van der Waals surface area contributed by atoms with Crippen molar-refractivity contribution in [3.05, 3.63) is 0 Å². The summed E-state index contributed by atoms with van der Waals surface area (Å²) in [7, 11) is -3.44. The van der Waals surface area contributed by atoms with Gasteiger partial charge in [-0.1, -0.05) is 12.8 Å². The lowest BCUT2D eigenvalue weighted by atomic mass is 9.87. The number of carbonyl (C=O) groups is 2. The predicted molar refractivity (Wildman–Crippen MR) is 87.8 cm³/mol. The smallest absolute Gasteiger partial charge is 0.306 e. The molecule has 8 heteroatoms. The number of aliphatic carboxylic acids is 1. The molecule has 0 atom stereocenters. The number of rotatable bonds is 5. The van der Waals surface area contributed by atoms with Crippen LogP contribution in [0.3, 0.4) is 0 Å². The van der Waals surface area contributed by atoms with Gasteiger partial charge in [0.15, 0.2) is 0 Å². The van der Waals surface area contributed by atoms with Gasteiger partial charge in [0.2, 0.25) is 15.9 Å². The van der Waals surface area contributed by atoms with Crippen molar-refractivity contribution in [2.24, 2.45) is 11.8 Å². The van der Waals surface area contributed by atoms with E-state index in [9.17, 15) is 18.0 Å². The molecule has 3 aliphatic rings. The van der Waals surface area contributed by atoms with Gasteiger partial charge in [-0.2, -0.15) is 0 Å². The van der Waals surface area contributed by atoms with Crippen molar-refractivity contribution in [2.75, 3.05) is 13.1 Å². The summed E-state index contributed by atoms with van der Waals surface area (Å²) in [5, 5.41) is 8.46. The number of likely N-dealkylation sites (tertiary alicyclic amines) is 1. The zero-order valence-electron chi connectivity index (χ0n) is 13.8. The van der Waals surface area contributed by atoms with Crippen LogP contribution in [0.5, 0.6) is 0 Å². The molecule has 0 bridgehead atoms. The maximum absolute atomic E-state index is 12.4. The predicted octanol–water partition coefficient (Wildman–Crippen LogP) is 0.950. The Morgan fingerprint density at radius 3 is 2.04 bits per heavy atom. The molecule has 3 rings (SSSR count). The van der Waals surface area contributed by atoms with Gasteiger partial charge in [0.25, 0.3) is 0 Å². The Labute approximate surface area is 142 Å². The minimum absolute atomic E-state index is 0.0907. The second-order valence-corrected chi connectivity index (χ2v) is 9.39. The summed E-state index contributed by atoms with van der Waals surface area (Å²) in [4.78, 5) is 24.9. The van der Waals surface area contributed by atoms with Gasteiger partial charge < -0.3 is 10.0 Å². The average molecular weight is 358 g/mol. The SMILES string of the molecule is O=C(O)C1CCC(NS(=O)(=O)C2CN(C(=O)C3CCCC3)C2)CC1. The van der Waals surface area contributed by atoms with Gasteiger partial charge in [0, 0.05) is 25.0 Å². The van der Waals surface area contributed by atoms with E-state index in [2.05, 4.69) is 4.72 Å². The number of hydrogen-bond acceptors (Lipinski definition) is 4. The van der Waals surface area contributed by atoms with Crippen LogP contribution in [-0.4, -0.2) is 54.7 Å². The molecule has 3 fully saturated rings. The summed E-state index contributed by atoms with van der Waals surface area (Å²) in [6, 6.07) is -0.176. The van der Waals surface area contributed by atoms with Crippen molar-refractivity contribution in [1.29, 1.82) is 0 Å². The summed E-state index contributed by atoms with van der Waals surface area (Å²) in [6.45, 7) is 0.574. The Morgan fingerprint density at radius 2 is 1.50 bits per heavy atom. The van der Waals surface area contributed by atoms with Crippen molar-refractivity contribution in [3.8, 4) is 0 Å². The largest absolute Gasteiger partial charge is 0.481 e. The van der Waals surface area contributed by atoms with Gasteiger partial charge >= 0.3 is 5.97 Å². The summed E-state index contributed by atoms with van der Waals surface area (Å²) < 4.78 is 27.6. The van der Waals surface area contributed by atoms with E-state index in [1.54, 1.807) is 4.90 Å². The standard InChI is InChI=1S/C16H26N2O5S/c19-15(11-3-1-2-4-11)18-9-14(10-18)24(22,23)17-13-7-5-12(6-8-13)16(20)21/h11-14,17H,1-10H2,(H,20,21). The Bertz CT molecular complexity index is 586. The van der Waals surface area contributed by atoms with E-state index in [1.165, 1.54) is 0 Å². The molecule has 0 aromatic carbocycles. The monoisotopic (exact) mass is 358 g/mol. The zero-order valence-corrected chi connectivity index (χ0v) is 14.6. The van der Waals surface area contributed by atoms with Gasteiger partial charge in [-0.25, -0.2) is 13.1 Å². The van der Waals surface area contributed by atoms with Crippen molar-refractivity contribution < 1.29 is 23.1 Å². The van der Waals surface area contributed by atoms with E-state index in [4.69, 9.17) is 5.11 Å². The van der Waals surface area contributed by atoms with Crippen LogP contribution in [0.4, 0.5) is 0 Å². The Balaban J connectivity index is 1.45. The highest BCUT2D eigenvalue weighted by atomic mass is 32.2. The molecule has 136 valence electrons. The fourth-order valence-electron chi connectivity index (χ4n) is 4.03. The summed E-state index contributed by atoms with van der Waals surface area (Å²) in [5.74, 6) is -0.945. The second-order valence-electron chi connectivity index (χ2n) is 7.40. The van der Waals surface area contributed by atoms with Gasteiger partial charge in [0.05, 0.1) is 5.92 Å². The van der Waals surface area contributed by atoms with Crippen molar-refractivity contribution in [3.63, 3.8) is 0 Å². The number of nitrogens with one attached hydrogen (secondary N) is 1. The van der Waals surface area contributed by atoms with E-state index in [-0.39, 0.29) is 36.9 Å². The highest BCUT2D eigenvalue weighted by molar-refractivity contribution is 7.90. The van der Waals surface area contributed by atoms with E-state index < -0.39 is 21.2 Å². The lowest BCUT2D eigenvalue weighted by Gasteiger charge is -2.40. The molecular weight excluding hydrogens is 332 g/mol. The van der Waals surface area contributed by atoms with E-state index >= 15 is 0 Å². The third kappa shape index (κ3) is 3.74. The number of amides is 1. The van der Waals surface area contributed by atoms with E-state index in [1.807, 2.05) is 0 Å². The number of nitrogens with zero attached hydrogens (tertiary/aromatic N) is 1. The lowest BCUT2D eigenvalue weighted by molar-refractivity contribution is -0.143. The van der Waals surface area contributed by atoms with Crippen molar-refractivity contribution >= 4 is 21.9 Å². The van der Waals surface area contributed by atoms with Crippen LogP contribution in [0.15, 0.2) is 0 Å². The quantitative estimate of drug-likeness (QED) is 0.761. The molecule has 7 nitrogen and oxygen atoms in total. The topological polar surface area (TPSA) is 104 Å². The number of carboxylic acid groups (broad SMARTS) is 1. The molecule has 0 radical (unpaired) electrons. The molecule has 24 heavy (non-hydrogen) atoms.